The van der Waals surface area contributed by atoms with E-state index in [2.05, 4.69) is 5.32 Å². The number of methoxy groups -OCH3 is 1. The topological polar surface area (TPSA) is 128 Å². The summed E-state index contributed by atoms with van der Waals surface area (Å²) in [6, 6.07) is 19.2. The molecule has 9 nitrogen and oxygen atoms in total. The van der Waals surface area contributed by atoms with Gasteiger partial charge in [0.15, 0.2) is 0 Å². The molecule has 0 fully saturated rings. The molecule has 0 bridgehead atoms. The third-order valence-electron chi connectivity index (χ3n) is 5.57. The minimum absolute atomic E-state index is 0.114. The van der Waals surface area contributed by atoms with Crippen molar-refractivity contribution in [3.63, 3.8) is 0 Å². The summed E-state index contributed by atoms with van der Waals surface area (Å²) in [6.07, 6.45) is 0.526. The lowest BCUT2D eigenvalue weighted by atomic mass is 9.99. The van der Waals surface area contributed by atoms with Crippen molar-refractivity contribution in [1.82, 2.24) is 0 Å². The summed E-state index contributed by atoms with van der Waals surface area (Å²) in [6.45, 7) is 0.297. The number of anilines is 2. The fourth-order valence-electron chi connectivity index (χ4n) is 3.88. The number of carbonyl (C=O) groups excluding carboxylic acids is 2. The van der Waals surface area contributed by atoms with Crippen molar-refractivity contribution in [2.24, 2.45) is 5.14 Å². The number of fused-ring (bicyclic) bond motifs is 1. The second-order valence-electron chi connectivity index (χ2n) is 7.92. The molecule has 1 aliphatic heterocycles. The minimum Gasteiger partial charge on any atom is -0.497 e. The zero-order valence-corrected chi connectivity index (χ0v) is 19.8. The lowest BCUT2D eigenvalue weighted by Crippen LogP contribution is -2.45. The molecule has 1 unspecified atom stereocenters. The van der Waals surface area contributed by atoms with Gasteiger partial charge in [-0.05, 0) is 54.4 Å². The zero-order valence-electron chi connectivity index (χ0n) is 19.0. The molecule has 0 aromatic heterocycles. The molecular formula is C25H25N3O6S. The molecule has 10 heteroatoms. The number of hydrogen-bond acceptors (Lipinski definition) is 6. The molecule has 3 aromatic carbocycles. The second kappa shape index (κ2) is 10.2. The van der Waals surface area contributed by atoms with E-state index in [9.17, 15) is 18.0 Å². The van der Waals surface area contributed by atoms with E-state index in [0.717, 1.165) is 0 Å². The van der Waals surface area contributed by atoms with Crippen LogP contribution in [0.1, 0.15) is 24.4 Å². The van der Waals surface area contributed by atoms with Gasteiger partial charge >= 0.3 is 0 Å². The van der Waals surface area contributed by atoms with Crippen LogP contribution in [0, 0.1) is 0 Å². The number of amides is 2. The lowest BCUT2D eigenvalue weighted by Gasteiger charge is -2.37. The Balaban J connectivity index is 1.56. The first-order valence-corrected chi connectivity index (χ1v) is 12.4. The Bertz CT molecular complexity index is 1330. The highest BCUT2D eigenvalue weighted by Gasteiger charge is 2.38. The molecule has 182 valence electrons. The maximum Gasteiger partial charge on any atom is 0.252 e. The van der Waals surface area contributed by atoms with Gasteiger partial charge in [-0.2, -0.15) is 0 Å². The number of hydrogen-bond donors (Lipinski definition) is 2. The van der Waals surface area contributed by atoms with Crippen molar-refractivity contribution in [3.05, 3.63) is 78.4 Å². The van der Waals surface area contributed by atoms with E-state index in [0.29, 0.717) is 35.8 Å². The molecule has 1 aliphatic rings. The highest BCUT2D eigenvalue weighted by atomic mass is 32.2. The van der Waals surface area contributed by atoms with Gasteiger partial charge in [-0.15, -0.1) is 0 Å². The first-order valence-electron chi connectivity index (χ1n) is 10.9. The highest BCUT2D eigenvalue weighted by molar-refractivity contribution is 7.89. The van der Waals surface area contributed by atoms with E-state index < -0.39 is 22.0 Å². The first kappa shape index (κ1) is 24.2. The number of ether oxygens (including phenoxy) is 2. The van der Waals surface area contributed by atoms with Crippen molar-refractivity contribution in [2.45, 2.75) is 23.8 Å². The van der Waals surface area contributed by atoms with Crippen LogP contribution >= 0.6 is 0 Å². The Hall–Kier alpha value is -3.89. The highest BCUT2D eigenvalue weighted by Crippen LogP contribution is 2.40. The smallest absolute Gasteiger partial charge is 0.252 e. The van der Waals surface area contributed by atoms with Crippen molar-refractivity contribution >= 4 is 33.2 Å². The van der Waals surface area contributed by atoms with Crippen molar-refractivity contribution in [2.75, 3.05) is 23.9 Å². The number of sulfonamides is 1. The molecule has 3 N–H and O–H groups in total. The van der Waals surface area contributed by atoms with Crippen molar-refractivity contribution < 1.29 is 27.5 Å². The molecule has 1 heterocycles. The quantitative estimate of drug-likeness (QED) is 0.462. The van der Waals surface area contributed by atoms with Gasteiger partial charge in [-0.25, -0.2) is 13.6 Å². The van der Waals surface area contributed by atoms with Gasteiger partial charge in [0.1, 0.15) is 17.5 Å². The third kappa shape index (κ3) is 5.44. The standard InChI is InChI=1S/C25H25N3O6S/c1-33-18-9-11-19(12-10-18)34-15-5-8-23(29)28-22-14-13-20(35(26,31)32)16-21(22)27-25(30)24(28)17-6-3-2-4-7-17/h2-4,6-7,9-14,16,24H,5,8,15H2,1H3,(H,27,30)(H2,26,31,32). The molecule has 2 amide bonds. The van der Waals surface area contributed by atoms with E-state index in [4.69, 9.17) is 14.6 Å². The summed E-state index contributed by atoms with van der Waals surface area (Å²) in [7, 11) is -2.40. The number of nitrogens with one attached hydrogen (secondary N) is 1. The minimum atomic E-state index is -3.98. The van der Waals surface area contributed by atoms with Crippen LogP contribution in [0.2, 0.25) is 0 Å². The number of rotatable bonds is 8. The monoisotopic (exact) mass is 495 g/mol. The van der Waals surface area contributed by atoms with Crippen LogP contribution in [0.25, 0.3) is 0 Å². The van der Waals surface area contributed by atoms with Gasteiger partial charge in [-0.3, -0.25) is 14.5 Å². The molecule has 0 spiro atoms. The fourth-order valence-corrected chi connectivity index (χ4v) is 4.42. The van der Waals surface area contributed by atoms with Crippen molar-refractivity contribution in [3.8, 4) is 11.5 Å². The Morgan fingerprint density at radius 1 is 1.03 bits per heavy atom. The van der Waals surface area contributed by atoms with Gasteiger partial charge < -0.3 is 14.8 Å². The molecule has 0 saturated heterocycles. The van der Waals surface area contributed by atoms with Gasteiger partial charge in [0.05, 0.1) is 30.0 Å². The van der Waals surface area contributed by atoms with Crippen LogP contribution < -0.4 is 24.8 Å². The van der Waals surface area contributed by atoms with Crippen LogP contribution in [0.4, 0.5) is 11.4 Å². The molecule has 35 heavy (non-hydrogen) atoms. The predicted octanol–water partition coefficient (Wildman–Crippen LogP) is 3.23. The molecule has 0 saturated carbocycles. The van der Waals surface area contributed by atoms with Gasteiger partial charge in [0.25, 0.3) is 5.91 Å². The van der Waals surface area contributed by atoms with Crippen LogP contribution in [0.15, 0.2) is 77.7 Å². The van der Waals surface area contributed by atoms with Crippen LogP contribution in [-0.4, -0.2) is 33.9 Å². The van der Waals surface area contributed by atoms with E-state index >= 15 is 0 Å². The van der Waals surface area contributed by atoms with E-state index in [1.165, 1.54) is 23.1 Å². The van der Waals surface area contributed by atoms with Crippen LogP contribution in [-0.2, 0) is 19.6 Å². The number of nitrogens with two attached hydrogens (primary N) is 1. The molecule has 1 atom stereocenters. The van der Waals surface area contributed by atoms with E-state index in [1.54, 1.807) is 55.6 Å². The number of primary sulfonamides is 1. The Morgan fingerprint density at radius 3 is 2.37 bits per heavy atom. The third-order valence-corrected chi connectivity index (χ3v) is 6.48. The largest absolute Gasteiger partial charge is 0.497 e. The Labute approximate surface area is 203 Å². The van der Waals surface area contributed by atoms with Gasteiger partial charge in [0.2, 0.25) is 15.9 Å². The first-order chi connectivity index (χ1) is 16.8. The second-order valence-corrected chi connectivity index (χ2v) is 9.48. The average Bonchev–Trinajstić information content (AvgIpc) is 2.85. The van der Waals surface area contributed by atoms with Crippen LogP contribution in [0.5, 0.6) is 11.5 Å². The summed E-state index contributed by atoms with van der Waals surface area (Å²) in [5.74, 6) is 0.625. The maximum absolute atomic E-state index is 13.4. The van der Waals surface area contributed by atoms with Gasteiger partial charge in [-0.1, -0.05) is 30.3 Å². The molecular weight excluding hydrogens is 470 g/mol. The van der Waals surface area contributed by atoms with Crippen LogP contribution in [0.3, 0.4) is 0 Å². The number of carbonyl (C=O) groups is 2. The number of nitrogens with zero attached hydrogens (tertiary/aromatic N) is 1. The SMILES string of the molecule is COc1ccc(OCCCC(=O)N2c3ccc(S(N)(=O)=O)cc3NC(=O)C2c2ccccc2)cc1. The molecule has 0 aliphatic carbocycles. The summed E-state index contributed by atoms with van der Waals surface area (Å²) in [5, 5.41) is 7.96. The van der Waals surface area contributed by atoms with Crippen molar-refractivity contribution in [1.29, 1.82) is 0 Å². The predicted molar refractivity (Wildman–Crippen MR) is 131 cm³/mol. The maximum atomic E-state index is 13.4. The molecule has 0 radical (unpaired) electrons. The van der Waals surface area contributed by atoms with E-state index in [1.807, 2.05) is 6.07 Å². The summed E-state index contributed by atoms with van der Waals surface area (Å²) in [4.78, 5) is 27.7. The number of benzene rings is 3. The van der Waals surface area contributed by atoms with Gasteiger partial charge in [0, 0.05) is 6.42 Å². The normalized spacial score (nSPS) is 15.2. The lowest BCUT2D eigenvalue weighted by molar-refractivity contribution is -0.124. The van der Waals surface area contributed by atoms with E-state index in [-0.39, 0.29) is 22.9 Å². The summed E-state index contributed by atoms with van der Waals surface area (Å²) < 4.78 is 34.4. The fraction of sp³-hybridized carbons (Fsp3) is 0.200. The Morgan fingerprint density at radius 2 is 1.71 bits per heavy atom. The summed E-state index contributed by atoms with van der Waals surface area (Å²) >= 11 is 0. The average molecular weight is 496 g/mol. The Kier molecular flexibility index (Phi) is 7.04. The molecule has 4 rings (SSSR count). The zero-order chi connectivity index (χ0) is 25.0. The summed E-state index contributed by atoms with van der Waals surface area (Å²) in [5.41, 5.74) is 1.23. The molecule has 3 aromatic rings.